The number of hydrogen-bond donors (Lipinski definition) is 1. The molecule has 0 spiro atoms. The van der Waals surface area contributed by atoms with Gasteiger partial charge in [0.15, 0.2) is 0 Å². The number of fused-ring (bicyclic) bond motifs is 1. The number of halogens is 1. The summed E-state index contributed by atoms with van der Waals surface area (Å²) in [5, 5.41) is 18.5. The lowest BCUT2D eigenvalue weighted by Crippen LogP contribution is -2.41. The number of hydrogen-bond acceptors (Lipinski definition) is 7. The number of imidazole rings is 1. The van der Waals surface area contributed by atoms with E-state index in [1.165, 1.54) is 6.07 Å². The largest absolute Gasteiger partial charge is 0.478 e. The minimum atomic E-state index is -0.953. The van der Waals surface area contributed by atoms with Crippen LogP contribution in [0.2, 0.25) is 0 Å². The van der Waals surface area contributed by atoms with Crippen molar-refractivity contribution in [2.24, 2.45) is 0 Å². The Labute approximate surface area is 243 Å². The van der Waals surface area contributed by atoms with Crippen LogP contribution in [0, 0.1) is 17.1 Å². The van der Waals surface area contributed by atoms with Crippen molar-refractivity contribution < 1.29 is 23.8 Å². The molecule has 2 aromatic heterocycles. The predicted octanol–water partition coefficient (Wildman–Crippen LogP) is 5.06. The number of pyridine rings is 1. The molecule has 2 saturated heterocycles. The number of nitrogens with zero attached hydrogens (tertiary/aromatic N) is 5. The van der Waals surface area contributed by atoms with Gasteiger partial charge in [0.2, 0.25) is 5.88 Å². The molecule has 9 nitrogen and oxygen atoms in total. The number of piperidine rings is 1. The van der Waals surface area contributed by atoms with E-state index in [0.717, 1.165) is 61.5 Å². The lowest BCUT2D eigenvalue weighted by atomic mass is 9.77. The van der Waals surface area contributed by atoms with Gasteiger partial charge in [0, 0.05) is 23.7 Å². The van der Waals surface area contributed by atoms with Gasteiger partial charge < -0.3 is 19.1 Å². The van der Waals surface area contributed by atoms with Gasteiger partial charge in [-0.3, -0.25) is 4.90 Å². The minimum absolute atomic E-state index is 0.0271. The maximum atomic E-state index is 14.3. The fraction of sp³-hybridized carbons (Fsp3) is 0.375. The van der Waals surface area contributed by atoms with E-state index in [9.17, 15) is 14.3 Å². The third-order valence-corrected chi connectivity index (χ3v) is 8.48. The molecule has 4 aromatic rings. The second-order valence-corrected chi connectivity index (χ2v) is 11.3. The maximum absolute atomic E-state index is 14.3. The first-order valence-electron chi connectivity index (χ1n) is 14.2. The highest BCUT2D eigenvalue weighted by molar-refractivity contribution is 5.92. The second kappa shape index (κ2) is 11.5. The summed E-state index contributed by atoms with van der Waals surface area (Å²) in [7, 11) is 0. The summed E-state index contributed by atoms with van der Waals surface area (Å²) >= 11 is 0. The number of carbonyl (C=O) groups is 1. The summed E-state index contributed by atoms with van der Waals surface area (Å²) in [6.07, 6.45) is 2.89. The molecule has 216 valence electrons. The zero-order valence-electron chi connectivity index (χ0n) is 23.4. The number of carboxylic acids is 1. The third-order valence-electron chi connectivity index (χ3n) is 8.48. The molecule has 1 N–H and O–H groups in total. The van der Waals surface area contributed by atoms with Crippen LogP contribution in [0.1, 0.15) is 59.2 Å². The van der Waals surface area contributed by atoms with E-state index in [-0.39, 0.29) is 29.3 Å². The molecular formula is C32H32FN5O4. The number of rotatable bonds is 9. The van der Waals surface area contributed by atoms with Crippen molar-refractivity contribution in [2.75, 3.05) is 19.7 Å². The quantitative estimate of drug-likeness (QED) is 0.298. The molecule has 2 aliphatic heterocycles. The minimum Gasteiger partial charge on any atom is -0.478 e. The summed E-state index contributed by atoms with van der Waals surface area (Å²) in [4.78, 5) is 23.6. The average Bonchev–Trinajstić information content (AvgIpc) is 3.31. The molecule has 4 heterocycles. The van der Waals surface area contributed by atoms with Gasteiger partial charge in [0.1, 0.15) is 18.2 Å². The van der Waals surface area contributed by atoms with Gasteiger partial charge in [-0.25, -0.2) is 19.2 Å². The average molecular weight is 570 g/mol. The van der Waals surface area contributed by atoms with E-state index in [1.807, 2.05) is 18.2 Å². The molecule has 0 unspecified atom stereocenters. The van der Waals surface area contributed by atoms with Gasteiger partial charge >= 0.3 is 5.97 Å². The monoisotopic (exact) mass is 569 g/mol. The van der Waals surface area contributed by atoms with Crippen LogP contribution in [-0.2, 0) is 29.8 Å². The Morgan fingerprint density at radius 2 is 2.00 bits per heavy atom. The Morgan fingerprint density at radius 1 is 1.19 bits per heavy atom. The van der Waals surface area contributed by atoms with Crippen molar-refractivity contribution in [1.29, 1.82) is 5.26 Å². The van der Waals surface area contributed by atoms with Crippen molar-refractivity contribution in [3.05, 3.63) is 88.6 Å². The van der Waals surface area contributed by atoms with E-state index >= 15 is 0 Å². The highest BCUT2D eigenvalue weighted by Crippen LogP contribution is 2.35. The number of aromatic nitrogens is 3. The van der Waals surface area contributed by atoms with Gasteiger partial charge in [-0.15, -0.1) is 0 Å². The summed E-state index contributed by atoms with van der Waals surface area (Å²) in [5.74, 6) is -0.0747. The number of carboxylic acid groups (broad SMARTS) is 1. The fourth-order valence-electron chi connectivity index (χ4n) is 5.64. The smallest absolute Gasteiger partial charge is 0.335 e. The lowest BCUT2D eigenvalue weighted by molar-refractivity contribution is -0.0592. The predicted molar refractivity (Wildman–Crippen MR) is 153 cm³/mol. The molecule has 10 heteroatoms. The molecule has 0 saturated carbocycles. The molecule has 2 aromatic carbocycles. The van der Waals surface area contributed by atoms with E-state index in [2.05, 4.69) is 16.4 Å². The highest BCUT2D eigenvalue weighted by Gasteiger charge is 2.34. The Morgan fingerprint density at radius 3 is 2.69 bits per heavy atom. The fourth-order valence-corrected chi connectivity index (χ4v) is 5.64. The number of nitriles is 1. The normalized spacial score (nSPS) is 18.4. The Kier molecular flexibility index (Phi) is 7.62. The highest BCUT2D eigenvalue weighted by atomic mass is 19.1. The zero-order valence-corrected chi connectivity index (χ0v) is 23.4. The Balaban J connectivity index is 1.13. The SMILES string of the molecule is CC1(c2cccc(OCc3ccc(C#N)cc3F)n2)CCN(Cc2nc3ccc(C(=O)O)cc3n2C[C@@H]2CCO2)CC1. The first-order chi connectivity index (χ1) is 20.3. The molecule has 2 fully saturated rings. The zero-order chi connectivity index (χ0) is 29.3. The van der Waals surface area contributed by atoms with E-state index in [4.69, 9.17) is 24.7 Å². The van der Waals surface area contributed by atoms with Gasteiger partial charge in [0.05, 0.1) is 53.1 Å². The Bertz CT molecular complexity index is 1670. The maximum Gasteiger partial charge on any atom is 0.335 e. The molecule has 1 atom stereocenters. The van der Waals surface area contributed by atoms with Crippen LogP contribution in [0.15, 0.2) is 54.6 Å². The molecular weight excluding hydrogens is 537 g/mol. The van der Waals surface area contributed by atoms with Gasteiger partial charge in [-0.2, -0.15) is 5.26 Å². The second-order valence-electron chi connectivity index (χ2n) is 11.3. The van der Waals surface area contributed by atoms with Crippen molar-refractivity contribution in [3.8, 4) is 11.9 Å². The lowest BCUT2D eigenvalue weighted by Gasteiger charge is -2.39. The van der Waals surface area contributed by atoms with Crippen LogP contribution in [0.3, 0.4) is 0 Å². The first-order valence-corrected chi connectivity index (χ1v) is 14.2. The van der Waals surface area contributed by atoms with E-state index in [0.29, 0.717) is 24.5 Å². The van der Waals surface area contributed by atoms with Gasteiger partial charge in [-0.1, -0.05) is 19.1 Å². The van der Waals surface area contributed by atoms with Crippen molar-refractivity contribution in [2.45, 2.75) is 57.4 Å². The molecule has 42 heavy (non-hydrogen) atoms. The molecule has 0 amide bonds. The van der Waals surface area contributed by atoms with Crippen LogP contribution >= 0.6 is 0 Å². The molecule has 0 aliphatic carbocycles. The number of ether oxygens (including phenoxy) is 2. The topological polar surface area (TPSA) is 114 Å². The van der Waals surface area contributed by atoms with E-state index < -0.39 is 11.8 Å². The van der Waals surface area contributed by atoms with Crippen LogP contribution in [0.5, 0.6) is 5.88 Å². The van der Waals surface area contributed by atoms with Crippen molar-refractivity contribution >= 4 is 17.0 Å². The first kappa shape index (κ1) is 27.8. The molecule has 2 aliphatic rings. The van der Waals surface area contributed by atoms with Gasteiger partial charge in [-0.05, 0) is 68.8 Å². The van der Waals surface area contributed by atoms with Gasteiger partial charge in [0.25, 0.3) is 0 Å². The molecule has 6 rings (SSSR count). The van der Waals surface area contributed by atoms with Crippen molar-refractivity contribution in [3.63, 3.8) is 0 Å². The van der Waals surface area contributed by atoms with E-state index in [1.54, 1.807) is 36.4 Å². The van der Waals surface area contributed by atoms with Crippen LogP contribution < -0.4 is 4.74 Å². The molecule has 0 bridgehead atoms. The summed E-state index contributed by atoms with van der Waals surface area (Å²) in [5.41, 5.74) is 3.30. The standard InChI is InChI=1S/C32H32FN5O4/c1-32(28-3-2-4-30(36-28)42-20-23-6-5-21(17-34)15-25(23)33)10-12-37(13-11-32)19-29-35-26-8-7-22(31(39)40)16-27(26)38(29)18-24-9-14-41-24/h2-8,15-16,24H,9-14,18-20H2,1H3,(H,39,40)/t24-/m0/s1. The third kappa shape index (κ3) is 5.71. The van der Waals surface area contributed by atoms with Crippen LogP contribution in [0.25, 0.3) is 11.0 Å². The molecule has 0 radical (unpaired) electrons. The van der Waals surface area contributed by atoms with Crippen molar-refractivity contribution in [1.82, 2.24) is 19.4 Å². The summed E-state index contributed by atoms with van der Waals surface area (Å²) in [6.45, 7) is 6.01. The number of benzene rings is 2. The van der Waals surface area contributed by atoms with Crippen LogP contribution in [-0.4, -0.2) is 56.3 Å². The number of aromatic carboxylic acids is 1. The Hall–Kier alpha value is -4.33. The van der Waals surface area contributed by atoms with Crippen LogP contribution in [0.4, 0.5) is 4.39 Å². The number of likely N-dealkylation sites (tertiary alicyclic amines) is 1. The summed E-state index contributed by atoms with van der Waals surface area (Å²) < 4.78 is 27.9. The summed E-state index contributed by atoms with van der Waals surface area (Å²) in [6, 6.07) is 17.1.